The van der Waals surface area contributed by atoms with Crippen molar-refractivity contribution in [1.29, 1.82) is 0 Å². The van der Waals surface area contributed by atoms with Crippen LogP contribution in [0.3, 0.4) is 0 Å². The molecule has 3 aromatic carbocycles. The third kappa shape index (κ3) is 2.42. The molecule has 118 valence electrons. The van der Waals surface area contributed by atoms with Crippen LogP contribution in [0.5, 0.6) is 0 Å². The van der Waals surface area contributed by atoms with Gasteiger partial charge in [0.1, 0.15) is 0 Å². The first kappa shape index (κ1) is 15.3. The van der Waals surface area contributed by atoms with Gasteiger partial charge in [-0.1, -0.05) is 62.4 Å². The molecule has 0 spiro atoms. The minimum absolute atomic E-state index is 0.0309. The topological polar surface area (TPSA) is 12.4 Å². The maximum Gasteiger partial charge on any atom is 0.0771 e. The van der Waals surface area contributed by atoms with E-state index in [1.54, 1.807) is 0 Å². The molecule has 3 aromatic rings. The smallest absolute Gasteiger partial charge is 0.0771 e. The minimum Gasteiger partial charge on any atom is -0.255 e. The second-order valence-corrected chi connectivity index (χ2v) is 7.54. The molecule has 0 fully saturated rings. The average molecular weight is 376 g/mol. The first-order valence-corrected chi connectivity index (χ1v) is 8.90. The maximum absolute atomic E-state index is 4.63. The third-order valence-corrected chi connectivity index (χ3v) is 5.48. The summed E-state index contributed by atoms with van der Waals surface area (Å²) in [6, 6.07) is 23.4. The van der Waals surface area contributed by atoms with Gasteiger partial charge in [0.2, 0.25) is 0 Å². The average Bonchev–Trinajstić information content (AvgIpc) is 2.82. The van der Waals surface area contributed by atoms with E-state index in [0.717, 1.165) is 15.7 Å². The zero-order chi connectivity index (χ0) is 16.7. The fourth-order valence-electron chi connectivity index (χ4n) is 3.50. The van der Waals surface area contributed by atoms with Crippen molar-refractivity contribution in [1.82, 2.24) is 0 Å². The van der Waals surface area contributed by atoms with Crippen LogP contribution in [0.1, 0.15) is 30.5 Å². The molecular weight excluding hydrogens is 358 g/mol. The van der Waals surface area contributed by atoms with Crippen LogP contribution in [0, 0.1) is 0 Å². The number of fused-ring (bicyclic) bond motifs is 3. The number of para-hydroxylation sites is 1. The van der Waals surface area contributed by atoms with Crippen molar-refractivity contribution in [2.45, 2.75) is 19.3 Å². The van der Waals surface area contributed by atoms with E-state index in [2.05, 4.69) is 77.2 Å². The molecule has 0 N–H and O–H groups in total. The normalized spacial score (nSPS) is 14.6. The Morgan fingerprint density at radius 3 is 2.38 bits per heavy atom. The summed E-state index contributed by atoms with van der Waals surface area (Å²) in [5, 5.41) is 0. The van der Waals surface area contributed by atoms with Gasteiger partial charge in [-0.2, -0.15) is 0 Å². The van der Waals surface area contributed by atoms with Gasteiger partial charge in [0.25, 0.3) is 0 Å². The monoisotopic (exact) mass is 375 g/mol. The Balaban J connectivity index is 1.76. The van der Waals surface area contributed by atoms with Crippen molar-refractivity contribution >= 4 is 27.8 Å². The van der Waals surface area contributed by atoms with Crippen LogP contribution in [-0.4, -0.2) is 6.21 Å². The van der Waals surface area contributed by atoms with E-state index in [1.165, 1.54) is 22.3 Å². The van der Waals surface area contributed by atoms with Crippen LogP contribution in [0.25, 0.3) is 11.1 Å². The van der Waals surface area contributed by atoms with Gasteiger partial charge in [0.15, 0.2) is 0 Å². The summed E-state index contributed by atoms with van der Waals surface area (Å²) in [6.07, 6.45) is 1.94. The van der Waals surface area contributed by atoms with Crippen molar-refractivity contribution in [3.05, 3.63) is 87.9 Å². The Hall–Kier alpha value is -2.19. The van der Waals surface area contributed by atoms with E-state index < -0.39 is 0 Å². The second-order valence-electron chi connectivity index (χ2n) is 6.69. The molecule has 0 aromatic heterocycles. The molecule has 1 aliphatic carbocycles. The SMILES string of the molecule is CC1(C)c2ccccc2-c2ccc(/C=N/c3ccccc3Br)cc21. The van der Waals surface area contributed by atoms with Crippen molar-refractivity contribution < 1.29 is 0 Å². The number of halogens is 1. The lowest BCUT2D eigenvalue weighted by Crippen LogP contribution is -2.15. The van der Waals surface area contributed by atoms with Gasteiger partial charge < -0.3 is 0 Å². The Bertz CT molecular complexity index is 954. The van der Waals surface area contributed by atoms with E-state index >= 15 is 0 Å². The first-order chi connectivity index (χ1) is 11.6. The van der Waals surface area contributed by atoms with Crippen molar-refractivity contribution in [3.8, 4) is 11.1 Å². The standard InChI is InChI=1S/C22H18BrN/c1-22(2)18-8-4-3-7-16(18)17-12-11-15(13-19(17)22)14-24-21-10-6-5-9-20(21)23/h3-14H,1-2H3/b24-14+. The van der Waals surface area contributed by atoms with Crippen LogP contribution < -0.4 is 0 Å². The van der Waals surface area contributed by atoms with Crippen LogP contribution in [0.4, 0.5) is 5.69 Å². The molecule has 0 heterocycles. The van der Waals surface area contributed by atoms with Crippen LogP contribution in [0.2, 0.25) is 0 Å². The zero-order valence-electron chi connectivity index (χ0n) is 13.8. The highest BCUT2D eigenvalue weighted by Gasteiger charge is 2.34. The highest BCUT2D eigenvalue weighted by molar-refractivity contribution is 9.10. The molecule has 0 bridgehead atoms. The number of aliphatic imine (C=N–C) groups is 1. The highest BCUT2D eigenvalue weighted by atomic mass is 79.9. The number of hydrogen-bond acceptors (Lipinski definition) is 1. The number of rotatable bonds is 2. The Labute approximate surface area is 151 Å². The quantitative estimate of drug-likeness (QED) is 0.453. The molecule has 1 aliphatic rings. The number of benzene rings is 3. The van der Waals surface area contributed by atoms with Gasteiger partial charge in [-0.3, -0.25) is 4.99 Å². The van der Waals surface area contributed by atoms with E-state index in [4.69, 9.17) is 0 Å². The van der Waals surface area contributed by atoms with E-state index in [-0.39, 0.29) is 5.41 Å². The molecule has 1 nitrogen and oxygen atoms in total. The van der Waals surface area contributed by atoms with Crippen molar-refractivity contribution in [2.75, 3.05) is 0 Å². The van der Waals surface area contributed by atoms with E-state index in [1.807, 2.05) is 30.5 Å². The molecule has 0 saturated heterocycles. The lowest BCUT2D eigenvalue weighted by molar-refractivity contribution is 0.660. The summed E-state index contributed by atoms with van der Waals surface area (Å²) in [5.74, 6) is 0. The molecule has 0 amide bonds. The Morgan fingerprint density at radius 1 is 0.833 bits per heavy atom. The summed E-state index contributed by atoms with van der Waals surface area (Å²) < 4.78 is 1.01. The predicted octanol–water partition coefficient (Wildman–Crippen LogP) is 6.51. The van der Waals surface area contributed by atoms with Crippen molar-refractivity contribution in [3.63, 3.8) is 0 Å². The lowest BCUT2D eigenvalue weighted by Gasteiger charge is -2.21. The van der Waals surface area contributed by atoms with Gasteiger partial charge >= 0.3 is 0 Å². The maximum atomic E-state index is 4.63. The Morgan fingerprint density at radius 2 is 1.54 bits per heavy atom. The largest absolute Gasteiger partial charge is 0.255 e. The summed E-state index contributed by atoms with van der Waals surface area (Å²) in [5.41, 5.74) is 7.58. The molecule has 2 heteroatoms. The Kier molecular flexibility index (Phi) is 3.65. The highest BCUT2D eigenvalue weighted by Crippen LogP contribution is 2.48. The third-order valence-electron chi connectivity index (χ3n) is 4.81. The summed E-state index contributed by atoms with van der Waals surface area (Å²) in [4.78, 5) is 4.63. The van der Waals surface area contributed by atoms with Gasteiger partial charge in [0.05, 0.1) is 5.69 Å². The van der Waals surface area contributed by atoms with Gasteiger partial charge in [-0.05, 0) is 61.9 Å². The number of nitrogens with zero attached hydrogens (tertiary/aromatic N) is 1. The molecule has 0 unspecified atom stereocenters. The first-order valence-electron chi connectivity index (χ1n) is 8.10. The van der Waals surface area contributed by atoms with Gasteiger partial charge in [-0.15, -0.1) is 0 Å². The van der Waals surface area contributed by atoms with Gasteiger partial charge in [-0.25, -0.2) is 0 Å². The second kappa shape index (κ2) is 5.71. The van der Waals surface area contributed by atoms with Gasteiger partial charge in [0, 0.05) is 16.1 Å². The summed E-state index contributed by atoms with van der Waals surface area (Å²) in [7, 11) is 0. The zero-order valence-corrected chi connectivity index (χ0v) is 15.3. The molecule has 24 heavy (non-hydrogen) atoms. The van der Waals surface area contributed by atoms with Crippen LogP contribution in [0.15, 0.2) is 76.2 Å². The predicted molar refractivity (Wildman–Crippen MR) is 105 cm³/mol. The summed E-state index contributed by atoms with van der Waals surface area (Å²) in [6.45, 7) is 4.60. The molecule has 0 saturated carbocycles. The fraction of sp³-hybridized carbons (Fsp3) is 0.136. The van der Waals surface area contributed by atoms with E-state index in [9.17, 15) is 0 Å². The molecule has 4 rings (SSSR count). The molecule has 0 radical (unpaired) electrons. The van der Waals surface area contributed by atoms with Crippen molar-refractivity contribution in [2.24, 2.45) is 4.99 Å². The molecule has 0 atom stereocenters. The molecular formula is C22H18BrN. The number of hydrogen-bond donors (Lipinski definition) is 0. The molecule has 0 aliphatic heterocycles. The van der Waals surface area contributed by atoms with E-state index in [0.29, 0.717) is 0 Å². The lowest BCUT2D eigenvalue weighted by atomic mass is 9.82. The summed E-state index contributed by atoms with van der Waals surface area (Å²) >= 11 is 3.54. The van der Waals surface area contributed by atoms with Crippen LogP contribution in [-0.2, 0) is 5.41 Å². The fourth-order valence-corrected chi connectivity index (χ4v) is 3.89. The minimum atomic E-state index is 0.0309. The van der Waals surface area contributed by atoms with Crippen LogP contribution >= 0.6 is 15.9 Å².